The van der Waals surface area contributed by atoms with Crippen molar-refractivity contribution in [1.29, 1.82) is 0 Å². The number of nitrogens with zero attached hydrogens (tertiary/aromatic N) is 4. The van der Waals surface area contributed by atoms with Gasteiger partial charge in [0, 0.05) is 11.5 Å². The molecular formula is C15H22N4O2. The second-order valence-corrected chi connectivity index (χ2v) is 6.76. The van der Waals surface area contributed by atoms with E-state index in [1.165, 1.54) is 0 Å². The van der Waals surface area contributed by atoms with Crippen LogP contribution in [0.25, 0.3) is 0 Å². The van der Waals surface area contributed by atoms with E-state index in [0.717, 1.165) is 36.7 Å². The molecule has 0 aliphatic carbocycles. The first kappa shape index (κ1) is 14.3. The minimum Gasteiger partial charge on any atom is -0.359 e. The van der Waals surface area contributed by atoms with E-state index in [0.29, 0.717) is 12.4 Å². The van der Waals surface area contributed by atoms with Gasteiger partial charge in [0.05, 0.1) is 18.3 Å². The molecule has 1 aliphatic heterocycles. The normalized spacial score (nSPS) is 20.3. The zero-order chi connectivity index (χ0) is 15.0. The van der Waals surface area contributed by atoms with Crippen LogP contribution in [-0.4, -0.2) is 26.7 Å². The standard InChI is InChI=1S/C15H22N4O2/c1-10-8-12(20-17-10)11-6-5-7-19(11)9-13-16-14(21-18-13)15(2,3)4/h8,11H,5-7,9H2,1-4H3/t11-/m0/s1. The van der Waals surface area contributed by atoms with Crippen LogP contribution in [0.5, 0.6) is 0 Å². The molecule has 0 unspecified atom stereocenters. The first-order chi connectivity index (χ1) is 9.93. The Morgan fingerprint density at radius 2 is 2.10 bits per heavy atom. The highest BCUT2D eigenvalue weighted by atomic mass is 16.5. The quantitative estimate of drug-likeness (QED) is 0.865. The Balaban J connectivity index is 1.73. The summed E-state index contributed by atoms with van der Waals surface area (Å²) in [5, 5.41) is 8.09. The first-order valence-electron chi connectivity index (χ1n) is 7.44. The van der Waals surface area contributed by atoms with Crippen molar-refractivity contribution < 1.29 is 9.05 Å². The van der Waals surface area contributed by atoms with E-state index in [2.05, 4.69) is 41.0 Å². The molecule has 1 fully saturated rings. The highest BCUT2D eigenvalue weighted by molar-refractivity contribution is 5.10. The van der Waals surface area contributed by atoms with E-state index in [1.807, 2.05) is 13.0 Å². The third kappa shape index (κ3) is 3.00. The molecule has 0 bridgehead atoms. The van der Waals surface area contributed by atoms with Crippen LogP contribution in [0.4, 0.5) is 0 Å². The topological polar surface area (TPSA) is 68.2 Å². The Labute approximate surface area is 124 Å². The molecule has 21 heavy (non-hydrogen) atoms. The number of likely N-dealkylation sites (tertiary alicyclic amines) is 1. The zero-order valence-corrected chi connectivity index (χ0v) is 13.1. The van der Waals surface area contributed by atoms with Crippen LogP contribution in [0, 0.1) is 6.92 Å². The summed E-state index contributed by atoms with van der Waals surface area (Å²) in [6.45, 7) is 9.86. The summed E-state index contributed by atoms with van der Waals surface area (Å²) in [6.07, 6.45) is 2.23. The Morgan fingerprint density at radius 1 is 1.29 bits per heavy atom. The first-order valence-corrected chi connectivity index (χ1v) is 7.44. The maximum atomic E-state index is 5.42. The molecule has 2 aromatic rings. The molecule has 1 aliphatic rings. The van der Waals surface area contributed by atoms with E-state index in [-0.39, 0.29) is 11.5 Å². The van der Waals surface area contributed by atoms with Gasteiger partial charge in [0.25, 0.3) is 0 Å². The molecule has 6 nitrogen and oxygen atoms in total. The van der Waals surface area contributed by atoms with Gasteiger partial charge in [-0.3, -0.25) is 4.90 Å². The van der Waals surface area contributed by atoms with E-state index < -0.39 is 0 Å². The van der Waals surface area contributed by atoms with Crippen LogP contribution in [0.2, 0.25) is 0 Å². The van der Waals surface area contributed by atoms with Gasteiger partial charge < -0.3 is 9.05 Å². The van der Waals surface area contributed by atoms with Crippen molar-refractivity contribution in [2.75, 3.05) is 6.54 Å². The van der Waals surface area contributed by atoms with Crippen molar-refractivity contribution in [3.63, 3.8) is 0 Å². The second kappa shape index (κ2) is 5.26. The lowest BCUT2D eigenvalue weighted by atomic mass is 9.97. The second-order valence-electron chi connectivity index (χ2n) is 6.76. The molecule has 0 N–H and O–H groups in total. The third-order valence-electron chi connectivity index (χ3n) is 3.79. The van der Waals surface area contributed by atoms with Gasteiger partial charge in [-0.1, -0.05) is 31.1 Å². The summed E-state index contributed by atoms with van der Waals surface area (Å²) in [5.74, 6) is 2.36. The van der Waals surface area contributed by atoms with Crippen LogP contribution in [0.1, 0.15) is 62.8 Å². The van der Waals surface area contributed by atoms with Crippen LogP contribution < -0.4 is 0 Å². The summed E-state index contributed by atoms with van der Waals surface area (Å²) >= 11 is 0. The molecule has 6 heteroatoms. The molecule has 3 rings (SSSR count). The molecule has 2 aromatic heterocycles. The predicted octanol–water partition coefficient (Wildman–Crippen LogP) is 3.00. The maximum absolute atomic E-state index is 5.42. The van der Waals surface area contributed by atoms with Gasteiger partial charge in [-0.2, -0.15) is 4.98 Å². The molecule has 1 atom stereocenters. The Kier molecular flexibility index (Phi) is 3.57. The molecule has 1 saturated heterocycles. The SMILES string of the molecule is Cc1cc([C@@H]2CCCN2Cc2noc(C(C)(C)C)n2)on1. The van der Waals surface area contributed by atoms with E-state index >= 15 is 0 Å². The number of rotatable bonds is 3. The number of aromatic nitrogens is 3. The largest absolute Gasteiger partial charge is 0.359 e. The Hall–Kier alpha value is -1.69. The average Bonchev–Trinajstić information content (AvgIpc) is 3.08. The van der Waals surface area contributed by atoms with Gasteiger partial charge in [0.2, 0.25) is 5.89 Å². The fraction of sp³-hybridized carbons (Fsp3) is 0.667. The van der Waals surface area contributed by atoms with Crippen LogP contribution in [0.15, 0.2) is 15.1 Å². The van der Waals surface area contributed by atoms with Crippen molar-refractivity contribution in [3.05, 3.63) is 29.2 Å². The highest BCUT2D eigenvalue weighted by Gasteiger charge is 2.31. The van der Waals surface area contributed by atoms with E-state index in [9.17, 15) is 0 Å². The Morgan fingerprint density at radius 3 is 2.71 bits per heavy atom. The van der Waals surface area contributed by atoms with Crippen molar-refractivity contribution in [2.45, 2.75) is 58.5 Å². The third-order valence-corrected chi connectivity index (χ3v) is 3.79. The number of hydrogen-bond donors (Lipinski definition) is 0. The summed E-state index contributed by atoms with van der Waals surface area (Å²) in [4.78, 5) is 6.84. The lowest BCUT2D eigenvalue weighted by molar-refractivity contribution is 0.200. The highest BCUT2D eigenvalue weighted by Crippen LogP contribution is 2.33. The smallest absolute Gasteiger partial charge is 0.232 e. The average molecular weight is 290 g/mol. The van der Waals surface area contributed by atoms with E-state index in [4.69, 9.17) is 9.05 Å². The molecule has 0 radical (unpaired) electrons. The van der Waals surface area contributed by atoms with Crippen LogP contribution >= 0.6 is 0 Å². The number of hydrogen-bond acceptors (Lipinski definition) is 6. The molecule has 0 aromatic carbocycles. The zero-order valence-electron chi connectivity index (χ0n) is 13.1. The monoisotopic (exact) mass is 290 g/mol. The Bertz CT molecular complexity index is 611. The summed E-state index contributed by atoms with van der Waals surface area (Å²) in [5.41, 5.74) is 0.809. The molecule has 0 amide bonds. The maximum Gasteiger partial charge on any atom is 0.232 e. The molecule has 0 spiro atoms. The fourth-order valence-corrected chi connectivity index (χ4v) is 2.68. The van der Waals surface area contributed by atoms with Gasteiger partial charge in [0.15, 0.2) is 11.6 Å². The lowest BCUT2D eigenvalue weighted by Gasteiger charge is -2.20. The van der Waals surface area contributed by atoms with Crippen molar-refractivity contribution >= 4 is 0 Å². The van der Waals surface area contributed by atoms with Gasteiger partial charge in [-0.25, -0.2) is 0 Å². The molecule has 3 heterocycles. The summed E-state index contributed by atoms with van der Waals surface area (Å²) in [7, 11) is 0. The number of aryl methyl sites for hydroxylation is 1. The summed E-state index contributed by atoms with van der Waals surface area (Å²) in [6, 6.07) is 2.28. The van der Waals surface area contributed by atoms with E-state index in [1.54, 1.807) is 0 Å². The minimum atomic E-state index is -0.113. The van der Waals surface area contributed by atoms with Crippen molar-refractivity contribution in [1.82, 2.24) is 20.2 Å². The molecule has 0 saturated carbocycles. The lowest BCUT2D eigenvalue weighted by Crippen LogP contribution is -2.23. The molecular weight excluding hydrogens is 268 g/mol. The van der Waals surface area contributed by atoms with Gasteiger partial charge in [0.1, 0.15) is 0 Å². The van der Waals surface area contributed by atoms with Crippen LogP contribution in [-0.2, 0) is 12.0 Å². The van der Waals surface area contributed by atoms with Gasteiger partial charge >= 0.3 is 0 Å². The van der Waals surface area contributed by atoms with Crippen molar-refractivity contribution in [3.8, 4) is 0 Å². The predicted molar refractivity (Wildman–Crippen MR) is 76.6 cm³/mol. The van der Waals surface area contributed by atoms with Crippen LogP contribution in [0.3, 0.4) is 0 Å². The van der Waals surface area contributed by atoms with Gasteiger partial charge in [-0.05, 0) is 26.3 Å². The minimum absolute atomic E-state index is 0.113. The fourth-order valence-electron chi connectivity index (χ4n) is 2.68. The molecule has 114 valence electrons. The van der Waals surface area contributed by atoms with Gasteiger partial charge in [-0.15, -0.1) is 0 Å². The van der Waals surface area contributed by atoms with Crippen molar-refractivity contribution in [2.24, 2.45) is 0 Å². The summed E-state index contributed by atoms with van der Waals surface area (Å²) < 4.78 is 10.8.